The summed E-state index contributed by atoms with van der Waals surface area (Å²) in [5.41, 5.74) is 2.66. The van der Waals surface area contributed by atoms with Crippen LogP contribution in [0.25, 0.3) is 5.70 Å². The zero-order valence-corrected chi connectivity index (χ0v) is 21.4. The third-order valence-corrected chi connectivity index (χ3v) is 6.45. The predicted molar refractivity (Wildman–Crippen MR) is 141 cm³/mol. The Bertz CT molecular complexity index is 1490. The van der Waals surface area contributed by atoms with Crippen LogP contribution in [0.2, 0.25) is 5.02 Å². The number of rotatable bonds is 8. The topological polar surface area (TPSA) is 87.5 Å². The Morgan fingerprint density at radius 3 is 2.66 bits per heavy atom. The maximum atomic E-state index is 14.2. The molecule has 3 aromatic carbocycles. The van der Waals surface area contributed by atoms with Gasteiger partial charge in [0.25, 0.3) is 0 Å². The second-order valence-corrected chi connectivity index (χ2v) is 8.74. The number of hydrogen-bond donors (Lipinski definition) is 1. The van der Waals surface area contributed by atoms with Crippen molar-refractivity contribution in [3.8, 4) is 11.5 Å². The van der Waals surface area contributed by atoms with Crippen molar-refractivity contribution in [2.75, 3.05) is 19.0 Å². The molecule has 10 heteroatoms. The smallest absolute Gasteiger partial charge is 0.338 e. The monoisotopic (exact) mass is 534 g/mol. The van der Waals surface area contributed by atoms with Crippen LogP contribution < -0.4 is 14.8 Å². The van der Waals surface area contributed by atoms with Gasteiger partial charge in [0.15, 0.2) is 11.5 Å². The van der Waals surface area contributed by atoms with Gasteiger partial charge in [0.1, 0.15) is 24.8 Å². The molecule has 1 aromatic heterocycles. The first-order valence-corrected chi connectivity index (χ1v) is 12.3. The molecule has 0 amide bonds. The van der Waals surface area contributed by atoms with E-state index in [1.54, 1.807) is 35.9 Å². The molecule has 0 saturated heterocycles. The van der Waals surface area contributed by atoms with E-state index in [2.05, 4.69) is 15.4 Å². The third-order valence-electron chi connectivity index (χ3n) is 6.09. The van der Waals surface area contributed by atoms with E-state index in [4.69, 9.17) is 25.8 Å². The molecular formula is C28H24ClFN4O4. The highest BCUT2D eigenvalue weighted by atomic mass is 35.5. The number of hydrogen-bond acceptors (Lipinski definition) is 7. The molecule has 1 aliphatic rings. The molecule has 2 heterocycles. The van der Waals surface area contributed by atoms with Crippen LogP contribution in [-0.4, -0.2) is 34.5 Å². The number of esters is 1. The van der Waals surface area contributed by atoms with Gasteiger partial charge < -0.3 is 19.5 Å². The fourth-order valence-corrected chi connectivity index (χ4v) is 4.54. The standard InChI is InChI=1S/C28H24ClFN4O4/c1-3-37-27(35)24-25(17-8-5-4-6-9-17)33-28-31-16-32-34(28)26(24)18-12-13-22(23(14-18)36-2)38-15-19-20(29)10-7-11-21(19)30/h4-14,16,26H,3,15H2,1-2H3,(H,31,32,33)/t26-/m0/s1. The van der Waals surface area contributed by atoms with Crippen LogP contribution in [0.1, 0.15) is 29.7 Å². The number of carbonyl (C=O) groups is 1. The molecule has 1 aliphatic heterocycles. The van der Waals surface area contributed by atoms with Crippen LogP contribution in [0.3, 0.4) is 0 Å². The first-order valence-electron chi connectivity index (χ1n) is 11.9. The lowest BCUT2D eigenvalue weighted by molar-refractivity contribution is -0.138. The Morgan fingerprint density at radius 1 is 1.11 bits per heavy atom. The van der Waals surface area contributed by atoms with Gasteiger partial charge >= 0.3 is 5.97 Å². The Kier molecular flexibility index (Phi) is 7.28. The van der Waals surface area contributed by atoms with E-state index in [0.717, 1.165) is 5.56 Å². The number of fused-ring (bicyclic) bond motifs is 1. The number of benzene rings is 3. The SMILES string of the molecule is CCOC(=O)C1=C(c2ccccc2)Nc2ncnn2[C@H]1c1ccc(OCc2c(F)cccc2Cl)c(OC)c1. The maximum absolute atomic E-state index is 14.2. The summed E-state index contributed by atoms with van der Waals surface area (Å²) in [4.78, 5) is 17.7. The third kappa shape index (κ3) is 4.80. The highest BCUT2D eigenvalue weighted by molar-refractivity contribution is 6.31. The van der Waals surface area contributed by atoms with Crippen LogP contribution >= 0.6 is 11.6 Å². The molecule has 38 heavy (non-hydrogen) atoms. The maximum Gasteiger partial charge on any atom is 0.338 e. The zero-order valence-electron chi connectivity index (χ0n) is 20.7. The van der Waals surface area contributed by atoms with E-state index in [1.807, 2.05) is 30.3 Å². The van der Waals surface area contributed by atoms with Crippen LogP contribution in [0.15, 0.2) is 78.6 Å². The van der Waals surface area contributed by atoms with Crippen molar-refractivity contribution in [2.24, 2.45) is 0 Å². The van der Waals surface area contributed by atoms with Gasteiger partial charge in [-0.3, -0.25) is 0 Å². The number of methoxy groups -OCH3 is 1. The zero-order chi connectivity index (χ0) is 26.6. The summed E-state index contributed by atoms with van der Waals surface area (Å²) in [6, 6.07) is 18.5. The van der Waals surface area contributed by atoms with Crippen molar-refractivity contribution >= 4 is 29.2 Å². The minimum Gasteiger partial charge on any atom is -0.493 e. The molecule has 0 unspecified atom stereocenters. The Morgan fingerprint density at radius 2 is 1.92 bits per heavy atom. The minimum atomic E-state index is -0.674. The van der Waals surface area contributed by atoms with Crippen molar-refractivity contribution in [1.29, 1.82) is 0 Å². The van der Waals surface area contributed by atoms with E-state index in [1.165, 1.54) is 25.6 Å². The molecule has 4 aromatic rings. The molecule has 0 aliphatic carbocycles. The van der Waals surface area contributed by atoms with Crippen molar-refractivity contribution in [1.82, 2.24) is 14.8 Å². The summed E-state index contributed by atoms with van der Waals surface area (Å²) in [5.74, 6) is 0.293. The van der Waals surface area contributed by atoms with Crippen LogP contribution in [0, 0.1) is 5.82 Å². The molecule has 0 radical (unpaired) electrons. The lowest BCUT2D eigenvalue weighted by Crippen LogP contribution is -2.30. The second kappa shape index (κ2) is 10.9. The fourth-order valence-electron chi connectivity index (χ4n) is 4.32. The Labute approximate surface area is 223 Å². The van der Waals surface area contributed by atoms with E-state index in [-0.39, 0.29) is 23.8 Å². The largest absolute Gasteiger partial charge is 0.493 e. The van der Waals surface area contributed by atoms with Gasteiger partial charge in [0, 0.05) is 5.56 Å². The number of anilines is 1. The van der Waals surface area contributed by atoms with Gasteiger partial charge in [-0.25, -0.2) is 13.9 Å². The van der Waals surface area contributed by atoms with Gasteiger partial charge in [-0.15, -0.1) is 0 Å². The molecule has 8 nitrogen and oxygen atoms in total. The van der Waals surface area contributed by atoms with Gasteiger partial charge in [-0.05, 0) is 42.3 Å². The van der Waals surface area contributed by atoms with Gasteiger partial charge in [-0.1, -0.05) is 54.1 Å². The highest BCUT2D eigenvalue weighted by Gasteiger charge is 2.36. The predicted octanol–water partition coefficient (Wildman–Crippen LogP) is 5.65. The molecule has 1 atom stereocenters. The molecule has 0 fully saturated rings. The summed E-state index contributed by atoms with van der Waals surface area (Å²) in [7, 11) is 1.50. The molecular weight excluding hydrogens is 511 g/mol. The van der Waals surface area contributed by atoms with Gasteiger partial charge in [0.05, 0.1) is 30.0 Å². The quantitative estimate of drug-likeness (QED) is 0.292. The molecule has 0 spiro atoms. The second-order valence-electron chi connectivity index (χ2n) is 8.33. The molecule has 194 valence electrons. The van der Waals surface area contributed by atoms with Gasteiger partial charge in [-0.2, -0.15) is 10.1 Å². The van der Waals surface area contributed by atoms with Crippen LogP contribution in [-0.2, 0) is 16.1 Å². The number of nitrogens with one attached hydrogen (secondary N) is 1. The highest BCUT2D eigenvalue weighted by Crippen LogP contribution is 2.41. The summed E-state index contributed by atoms with van der Waals surface area (Å²) < 4.78 is 32.8. The van der Waals surface area contributed by atoms with Crippen molar-refractivity contribution in [2.45, 2.75) is 19.6 Å². The number of halogens is 2. The van der Waals surface area contributed by atoms with E-state index in [0.29, 0.717) is 34.3 Å². The first-order chi connectivity index (χ1) is 18.5. The Balaban J connectivity index is 1.58. The van der Waals surface area contributed by atoms with Crippen molar-refractivity contribution in [3.05, 3.63) is 106 Å². The van der Waals surface area contributed by atoms with Crippen LogP contribution in [0.5, 0.6) is 11.5 Å². The molecule has 0 bridgehead atoms. The molecule has 0 saturated carbocycles. The number of ether oxygens (including phenoxy) is 3. The summed E-state index contributed by atoms with van der Waals surface area (Å²) in [6.45, 7) is 1.87. The van der Waals surface area contributed by atoms with Crippen molar-refractivity contribution in [3.63, 3.8) is 0 Å². The van der Waals surface area contributed by atoms with Crippen LogP contribution in [0.4, 0.5) is 10.3 Å². The summed E-state index contributed by atoms with van der Waals surface area (Å²) >= 11 is 6.15. The average molecular weight is 535 g/mol. The molecule has 5 rings (SSSR count). The van der Waals surface area contributed by atoms with Crippen molar-refractivity contribution < 1.29 is 23.4 Å². The first kappa shape index (κ1) is 25.3. The van der Waals surface area contributed by atoms with Gasteiger partial charge in [0.2, 0.25) is 5.95 Å². The summed E-state index contributed by atoms with van der Waals surface area (Å²) in [6.07, 6.45) is 1.42. The Hall–Kier alpha value is -4.37. The lowest BCUT2D eigenvalue weighted by Gasteiger charge is -2.30. The lowest BCUT2D eigenvalue weighted by atomic mass is 9.92. The minimum absolute atomic E-state index is 0.0894. The normalized spacial score (nSPS) is 14.5. The number of aromatic nitrogens is 3. The van der Waals surface area contributed by atoms with E-state index < -0.39 is 17.8 Å². The number of nitrogens with zero attached hydrogens (tertiary/aromatic N) is 3. The van der Waals surface area contributed by atoms with E-state index >= 15 is 0 Å². The fraction of sp³-hybridized carbons (Fsp3) is 0.179. The average Bonchev–Trinajstić information content (AvgIpc) is 3.41. The summed E-state index contributed by atoms with van der Waals surface area (Å²) in [5, 5.41) is 7.89. The van der Waals surface area contributed by atoms with E-state index in [9.17, 15) is 9.18 Å². The number of carbonyl (C=O) groups excluding carboxylic acids is 1. The molecule has 1 N–H and O–H groups in total.